The Labute approximate surface area is 313 Å². The summed E-state index contributed by atoms with van der Waals surface area (Å²) in [6.45, 7) is 9.17. The molecule has 1 heterocycles. The van der Waals surface area contributed by atoms with E-state index in [0.29, 0.717) is 25.9 Å². The van der Waals surface area contributed by atoms with E-state index in [1.54, 1.807) is 11.8 Å². The maximum Gasteiger partial charge on any atom is 0.410 e. The molecular formula is C42H57N3O8. The maximum absolute atomic E-state index is 13.5. The van der Waals surface area contributed by atoms with Crippen LogP contribution in [0.5, 0.6) is 0 Å². The fraction of sp³-hybridized carbons (Fsp3) is 0.643. The third-order valence-electron chi connectivity index (χ3n) is 13.1. The van der Waals surface area contributed by atoms with Crippen molar-refractivity contribution in [3.8, 4) is 0 Å². The van der Waals surface area contributed by atoms with Gasteiger partial charge in [0.25, 0.3) is 0 Å². The van der Waals surface area contributed by atoms with Crippen LogP contribution in [0, 0.1) is 17.3 Å². The van der Waals surface area contributed by atoms with Gasteiger partial charge < -0.3 is 24.4 Å². The van der Waals surface area contributed by atoms with E-state index in [4.69, 9.17) is 14.6 Å². The molecular weight excluding hydrogens is 674 g/mol. The van der Waals surface area contributed by atoms with E-state index in [9.17, 15) is 24.0 Å². The van der Waals surface area contributed by atoms with Gasteiger partial charge in [-0.25, -0.2) is 9.59 Å². The minimum Gasteiger partial charge on any atom is -0.479 e. The molecule has 6 rings (SSSR count). The normalized spacial score (nSPS) is 28.4. The Morgan fingerprint density at radius 1 is 0.943 bits per heavy atom. The fourth-order valence-corrected chi connectivity index (χ4v) is 10.5. The molecule has 1 aromatic rings. The first kappa shape index (κ1) is 38.7. The molecule has 0 aromatic heterocycles. The number of carbonyl (C=O) groups excluding carboxylic acids is 4. The largest absolute Gasteiger partial charge is 0.479 e. The van der Waals surface area contributed by atoms with E-state index in [-0.39, 0.29) is 29.3 Å². The van der Waals surface area contributed by atoms with Crippen molar-refractivity contribution >= 4 is 35.3 Å². The number of allylic oxidation sites excluding steroid dienone is 4. The maximum atomic E-state index is 13.5. The molecule has 0 spiro atoms. The summed E-state index contributed by atoms with van der Waals surface area (Å²) in [6.07, 6.45) is 11.1. The SMILES string of the molecule is CC(=O)O[C@]1(C(C)=O)CC[C@H]2[C@@H]3CCC4=CC(=O)CCC4=C3[C@@H](c3ccc(N(C)CCCCCCN4CCN(C(=O)OCC(=O)O)CC4)cc3)C[C@@]21C. The van der Waals surface area contributed by atoms with Crippen LogP contribution in [-0.4, -0.2) is 103 Å². The van der Waals surface area contributed by atoms with Crippen LogP contribution >= 0.6 is 0 Å². The van der Waals surface area contributed by atoms with Crippen LogP contribution in [0.1, 0.15) is 103 Å². The van der Waals surface area contributed by atoms with Gasteiger partial charge in [-0.1, -0.05) is 37.5 Å². The van der Waals surface area contributed by atoms with Gasteiger partial charge in [-0.15, -0.1) is 0 Å². The Morgan fingerprint density at radius 3 is 2.34 bits per heavy atom. The van der Waals surface area contributed by atoms with Crippen LogP contribution in [0.3, 0.4) is 0 Å². The Morgan fingerprint density at radius 2 is 1.66 bits per heavy atom. The molecule has 4 aliphatic carbocycles. The van der Waals surface area contributed by atoms with Crippen LogP contribution in [0.25, 0.3) is 0 Å². The quantitative estimate of drug-likeness (QED) is 0.182. The first-order valence-electron chi connectivity index (χ1n) is 19.7. The van der Waals surface area contributed by atoms with E-state index < -0.39 is 35.7 Å². The van der Waals surface area contributed by atoms with Crippen molar-refractivity contribution in [2.75, 3.05) is 57.8 Å². The summed E-state index contributed by atoms with van der Waals surface area (Å²) < 4.78 is 10.9. The number of hydrogen-bond donors (Lipinski definition) is 1. The van der Waals surface area contributed by atoms with Crippen molar-refractivity contribution in [3.05, 3.63) is 52.6 Å². The zero-order chi connectivity index (χ0) is 37.9. The van der Waals surface area contributed by atoms with E-state index in [0.717, 1.165) is 89.7 Å². The molecule has 1 aliphatic heterocycles. The smallest absolute Gasteiger partial charge is 0.410 e. The number of Topliss-reactive ketones (excluding diaryl/α,β-unsaturated/α-hetero) is 1. The number of amides is 1. The lowest BCUT2D eigenvalue weighted by Gasteiger charge is -2.55. The molecule has 0 radical (unpaired) electrons. The van der Waals surface area contributed by atoms with Crippen molar-refractivity contribution < 1.29 is 38.6 Å². The van der Waals surface area contributed by atoms with Crippen molar-refractivity contribution in [1.29, 1.82) is 0 Å². The number of nitrogens with zero attached hydrogens (tertiary/aromatic N) is 3. The van der Waals surface area contributed by atoms with Crippen LogP contribution < -0.4 is 4.90 Å². The zero-order valence-corrected chi connectivity index (χ0v) is 32.0. The number of ether oxygens (including phenoxy) is 2. The van der Waals surface area contributed by atoms with Gasteiger partial charge in [0.2, 0.25) is 0 Å². The van der Waals surface area contributed by atoms with Gasteiger partial charge in [0.1, 0.15) is 0 Å². The number of unbranched alkanes of at least 4 members (excludes halogenated alkanes) is 3. The van der Waals surface area contributed by atoms with E-state index in [1.165, 1.54) is 29.2 Å². The number of hydrogen-bond acceptors (Lipinski definition) is 9. The lowest BCUT2D eigenvalue weighted by Crippen LogP contribution is -2.57. The molecule has 53 heavy (non-hydrogen) atoms. The van der Waals surface area contributed by atoms with Gasteiger partial charge in [-0.05, 0) is 112 Å². The third-order valence-corrected chi connectivity index (χ3v) is 13.1. The van der Waals surface area contributed by atoms with Crippen molar-refractivity contribution in [3.63, 3.8) is 0 Å². The second-order valence-electron chi connectivity index (χ2n) is 16.2. The number of fused-ring (bicyclic) bond motifs is 4. The average Bonchev–Trinajstić information content (AvgIpc) is 3.43. The molecule has 2 saturated carbocycles. The molecule has 0 unspecified atom stereocenters. The Kier molecular flexibility index (Phi) is 11.8. The first-order valence-corrected chi connectivity index (χ1v) is 19.7. The molecule has 1 aromatic carbocycles. The highest BCUT2D eigenvalue weighted by Gasteiger charge is 2.67. The number of carbonyl (C=O) groups is 5. The molecule has 0 bridgehead atoms. The van der Waals surface area contributed by atoms with Gasteiger partial charge in [0.15, 0.2) is 23.8 Å². The van der Waals surface area contributed by atoms with Crippen molar-refractivity contribution in [1.82, 2.24) is 9.80 Å². The van der Waals surface area contributed by atoms with Crippen LogP contribution in [0.15, 0.2) is 47.1 Å². The zero-order valence-electron chi connectivity index (χ0n) is 32.0. The molecule has 3 fully saturated rings. The fourth-order valence-electron chi connectivity index (χ4n) is 10.5. The van der Waals surface area contributed by atoms with Crippen LogP contribution in [0.2, 0.25) is 0 Å². The molecule has 1 amide bonds. The molecule has 11 heteroatoms. The van der Waals surface area contributed by atoms with Crippen LogP contribution in [-0.2, 0) is 28.7 Å². The second kappa shape index (κ2) is 16.2. The van der Waals surface area contributed by atoms with E-state index in [1.807, 2.05) is 6.08 Å². The van der Waals surface area contributed by atoms with E-state index >= 15 is 0 Å². The molecule has 1 saturated heterocycles. The molecule has 5 atom stereocenters. The molecule has 1 N–H and O–H groups in total. The van der Waals surface area contributed by atoms with Crippen molar-refractivity contribution in [2.45, 2.75) is 103 Å². The lowest BCUT2D eigenvalue weighted by atomic mass is 9.50. The Bertz CT molecular complexity index is 1640. The number of carboxylic acid groups (broad SMARTS) is 1. The van der Waals surface area contributed by atoms with Gasteiger partial charge >= 0.3 is 18.0 Å². The number of piperazine rings is 1. The minimum absolute atomic E-state index is 0.0537. The van der Waals surface area contributed by atoms with Crippen LogP contribution in [0.4, 0.5) is 10.5 Å². The summed E-state index contributed by atoms with van der Waals surface area (Å²) in [6, 6.07) is 8.92. The summed E-state index contributed by atoms with van der Waals surface area (Å²) in [5, 5.41) is 8.71. The first-order chi connectivity index (χ1) is 25.3. The average molecular weight is 732 g/mol. The predicted molar refractivity (Wildman–Crippen MR) is 201 cm³/mol. The predicted octanol–water partition coefficient (Wildman–Crippen LogP) is 6.31. The summed E-state index contributed by atoms with van der Waals surface area (Å²) in [5.41, 5.74) is 4.80. The number of rotatable bonds is 13. The topological polar surface area (TPSA) is 134 Å². The minimum atomic E-state index is -1.15. The van der Waals surface area contributed by atoms with Gasteiger partial charge in [-0.2, -0.15) is 0 Å². The monoisotopic (exact) mass is 731 g/mol. The van der Waals surface area contributed by atoms with Gasteiger partial charge in [0, 0.05) is 70.1 Å². The van der Waals surface area contributed by atoms with Gasteiger partial charge in [-0.3, -0.25) is 19.3 Å². The summed E-state index contributed by atoms with van der Waals surface area (Å²) >= 11 is 0. The number of benzene rings is 1. The third kappa shape index (κ3) is 7.96. The Hall–Kier alpha value is -3.99. The molecule has 5 aliphatic rings. The number of aliphatic carboxylic acids is 1. The number of esters is 1. The number of carboxylic acids is 1. The second-order valence-corrected chi connectivity index (χ2v) is 16.2. The highest BCUT2D eigenvalue weighted by atomic mass is 16.6. The Balaban J connectivity index is 1.07. The highest BCUT2D eigenvalue weighted by molar-refractivity contribution is 5.93. The number of ketones is 2. The van der Waals surface area contributed by atoms with Gasteiger partial charge in [0.05, 0.1) is 0 Å². The van der Waals surface area contributed by atoms with Crippen molar-refractivity contribution in [2.24, 2.45) is 17.3 Å². The lowest BCUT2D eigenvalue weighted by molar-refractivity contribution is -0.182. The summed E-state index contributed by atoms with van der Waals surface area (Å²) in [7, 11) is 2.14. The highest BCUT2D eigenvalue weighted by Crippen LogP contribution is 2.67. The van der Waals surface area contributed by atoms with E-state index in [2.05, 4.69) is 48.0 Å². The number of anilines is 1. The molecule has 11 nitrogen and oxygen atoms in total. The molecule has 288 valence electrons. The standard InChI is InChI=1S/C42H57N3O8/c1-28(46)42(53-29(2)47)18-17-37-35-15-11-31-25-33(48)14-16-34(31)39(35)36(26-41(37,42)3)30-9-12-32(13-10-30)43(4)19-7-5-6-8-20-44-21-23-45(24-22-44)40(51)52-27-38(49)50/h9-10,12-13,25,35-37H,5-8,11,14-24,26-27H2,1-4H3,(H,49,50)/t35-,36+,37-,41-,42-/m0/s1. The summed E-state index contributed by atoms with van der Waals surface area (Å²) in [5.74, 6) is -0.780. The summed E-state index contributed by atoms with van der Waals surface area (Å²) in [4.78, 5) is 67.3.